The Bertz CT molecular complexity index is 975. The molecule has 0 unspecified atom stereocenters. The van der Waals surface area contributed by atoms with E-state index in [1.54, 1.807) is 40.1 Å². The van der Waals surface area contributed by atoms with Crippen LogP contribution in [0.5, 0.6) is 0 Å². The van der Waals surface area contributed by atoms with Crippen LogP contribution in [0.4, 0.5) is 4.39 Å². The van der Waals surface area contributed by atoms with E-state index in [0.29, 0.717) is 12.1 Å². The summed E-state index contributed by atoms with van der Waals surface area (Å²) < 4.78 is 13.1. The minimum absolute atomic E-state index is 0.144. The summed E-state index contributed by atoms with van der Waals surface area (Å²) in [7, 11) is 0. The summed E-state index contributed by atoms with van der Waals surface area (Å²) in [5, 5.41) is 3.12. The number of hydrogen-bond donors (Lipinski definition) is 0. The molecule has 0 aliphatic carbocycles. The van der Waals surface area contributed by atoms with Crippen LogP contribution in [-0.4, -0.2) is 22.3 Å². The van der Waals surface area contributed by atoms with Gasteiger partial charge in [-0.1, -0.05) is 18.1 Å². The van der Waals surface area contributed by atoms with Crippen LogP contribution in [0.2, 0.25) is 0 Å². The highest BCUT2D eigenvalue weighted by atomic mass is 32.2. The molecule has 0 saturated carbocycles. The van der Waals surface area contributed by atoms with Gasteiger partial charge >= 0.3 is 0 Å². The average molecular weight is 411 g/mol. The highest BCUT2D eigenvalue weighted by molar-refractivity contribution is 7.98. The summed E-state index contributed by atoms with van der Waals surface area (Å²) >= 11 is 3.32. The van der Waals surface area contributed by atoms with Gasteiger partial charge in [-0.05, 0) is 48.9 Å². The normalized spacial score (nSPS) is 10.5. The number of carbonyl (C=O) groups excluding carboxylic acids is 1. The molecule has 142 valence electrons. The Balaban J connectivity index is 1.65. The lowest BCUT2D eigenvalue weighted by molar-refractivity contribution is 0.0765. The van der Waals surface area contributed by atoms with Gasteiger partial charge in [0.25, 0.3) is 5.91 Å². The fraction of sp³-hybridized carbons (Fsp3) is 0.182. The molecule has 0 spiro atoms. The number of carbonyl (C=O) groups is 1. The number of hydrogen-bond acceptors (Lipinski definition) is 4. The zero-order chi connectivity index (χ0) is 19.9. The third kappa shape index (κ3) is 5.44. The summed E-state index contributed by atoms with van der Waals surface area (Å²) in [6, 6.07) is 13.6. The van der Waals surface area contributed by atoms with Crippen molar-refractivity contribution >= 4 is 29.0 Å². The molecule has 0 radical (unpaired) electrons. The molecule has 0 N–H and O–H groups in total. The van der Waals surface area contributed by atoms with Crippen LogP contribution in [0.1, 0.15) is 26.6 Å². The van der Waals surface area contributed by atoms with Crippen LogP contribution in [0.15, 0.2) is 58.8 Å². The number of benzene rings is 2. The fourth-order valence-electron chi connectivity index (χ4n) is 2.63. The highest BCUT2D eigenvalue weighted by Gasteiger charge is 2.15. The number of rotatable bonds is 7. The third-order valence-electron chi connectivity index (χ3n) is 4.01. The molecule has 3 aromatic rings. The quantitative estimate of drug-likeness (QED) is 0.399. The molecular weight excluding hydrogens is 391 g/mol. The molecule has 3 nitrogen and oxygen atoms in total. The number of nitrogens with zero attached hydrogens (tertiary/aromatic N) is 2. The molecule has 2 aromatic carbocycles. The van der Waals surface area contributed by atoms with Crippen LogP contribution >= 0.6 is 23.1 Å². The van der Waals surface area contributed by atoms with Crippen LogP contribution in [-0.2, 0) is 12.3 Å². The first-order valence-electron chi connectivity index (χ1n) is 8.66. The average Bonchev–Trinajstić information content (AvgIpc) is 3.13. The fourth-order valence-corrected chi connectivity index (χ4v) is 4.14. The maximum absolute atomic E-state index is 13.1. The van der Waals surface area contributed by atoms with E-state index in [1.165, 1.54) is 12.1 Å². The smallest absolute Gasteiger partial charge is 0.254 e. The van der Waals surface area contributed by atoms with Crippen LogP contribution < -0.4 is 0 Å². The van der Waals surface area contributed by atoms with Gasteiger partial charge < -0.3 is 4.90 Å². The molecule has 1 amide bonds. The van der Waals surface area contributed by atoms with Crippen molar-refractivity contribution in [2.75, 3.05) is 6.54 Å². The van der Waals surface area contributed by atoms with Crippen LogP contribution in [0, 0.1) is 25.1 Å². The number of aryl methyl sites for hydroxylation is 1. The number of thiazole rings is 1. The van der Waals surface area contributed by atoms with Crippen molar-refractivity contribution < 1.29 is 9.18 Å². The molecule has 3 rings (SSSR count). The number of amides is 1. The molecule has 6 heteroatoms. The van der Waals surface area contributed by atoms with Gasteiger partial charge in [-0.15, -0.1) is 29.5 Å². The van der Waals surface area contributed by atoms with E-state index >= 15 is 0 Å². The summed E-state index contributed by atoms with van der Waals surface area (Å²) in [5.74, 6) is 2.87. The zero-order valence-corrected chi connectivity index (χ0v) is 17.0. The van der Waals surface area contributed by atoms with E-state index in [1.807, 2.05) is 31.2 Å². The summed E-state index contributed by atoms with van der Waals surface area (Å²) in [4.78, 5) is 19.9. The Morgan fingerprint density at radius 3 is 2.54 bits per heavy atom. The lowest BCUT2D eigenvalue weighted by Crippen LogP contribution is -2.30. The predicted molar refractivity (Wildman–Crippen MR) is 113 cm³/mol. The lowest BCUT2D eigenvalue weighted by atomic mass is 10.1. The van der Waals surface area contributed by atoms with E-state index in [-0.39, 0.29) is 18.3 Å². The second kappa shape index (κ2) is 9.54. The number of halogens is 1. The molecular formula is C22H19FN2OS2. The molecule has 0 aliphatic rings. The van der Waals surface area contributed by atoms with E-state index < -0.39 is 0 Å². The molecule has 28 heavy (non-hydrogen) atoms. The van der Waals surface area contributed by atoms with Crippen LogP contribution in [0.25, 0.3) is 0 Å². The van der Waals surface area contributed by atoms with Crippen molar-refractivity contribution in [3.63, 3.8) is 0 Å². The van der Waals surface area contributed by atoms with E-state index in [0.717, 1.165) is 26.9 Å². The van der Waals surface area contributed by atoms with E-state index in [2.05, 4.69) is 16.3 Å². The Kier molecular flexibility index (Phi) is 6.85. The minimum Gasteiger partial charge on any atom is -0.323 e. The molecule has 0 atom stereocenters. The molecule has 0 aliphatic heterocycles. The first-order valence-corrected chi connectivity index (χ1v) is 10.5. The second-order valence-corrected chi connectivity index (χ2v) is 8.27. The van der Waals surface area contributed by atoms with Gasteiger partial charge in [0.15, 0.2) is 0 Å². The summed E-state index contributed by atoms with van der Waals surface area (Å²) in [5.41, 5.74) is 2.47. The number of terminal acetylenes is 1. The molecule has 1 aromatic heterocycles. The van der Waals surface area contributed by atoms with Gasteiger partial charge in [-0.3, -0.25) is 4.79 Å². The Morgan fingerprint density at radius 1 is 1.21 bits per heavy atom. The summed E-state index contributed by atoms with van der Waals surface area (Å²) in [6.07, 6.45) is 5.43. The molecule has 1 heterocycles. The first kappa shape index (κ1) is 20.1. The first-order chi connectivity index (χ1) is 13.5. The second-order valence-electron chi connectivity index (χ2n) is 6.16. The summed E-state index contributed by atoms with van der Waals surface area (Å²) in [6.45, 7) is 2.52. The minimum atomic E-state index is -0.306. The number of thioether (sulfide) groups is 1. The van der Waals surface area contributed by atoms with Crippen molar-refractivity contribution in [3.8, 4) is 12.3 Å². The Hall–Kier alpha value is -2.62. The third-order valence-corrected chi connectivity index (χ3v) is 5.88. The Labute approximate surface area is 172 Å². The van der Waals surface area contributed by atoms with Gasteiger partial charge in [0.2, 0.25) is 0 Å². The van der Waals surface area contributed by atoms with Gasteiger partial charge in [-0.25, -0.2) is 9.37 Å². The zero-order valence-electron chi connectivity index (χ0n) is 15.4. The highest BCUT2D eigenvalue weighted by Crippen LogP contribution is 2.24. The maximum atomic E-state index is 13.1. The van der Waals surface area contributed by atoms with Gasteiger partial charge in [-0.2, -0.15) is 0 Å². The molecule has 0 fully saturated rings. The Morgan fingerprint density at radius 2 is 1.93 bits per heavy atom. The van der Waals surface area contributed by atoms with Crippen molar-refractivity contribution in [1.82, 2.24) is 9.88 Å². The van der Waals surface area contributed by atoms with Crippen LogP contribution in [0.3, 0.4) is 0 Å². The molecule has 0 bridgehead atoms. The van der Waals surface area contributed by atoms with E-state index in [4.69, 9.17) is 6.42 Å². The largest absolute Gasteiger partial charge is 0.323 e. The number of aromatic nitrogens is 1. The van der Waals surface area contributed by atoms with Crippen molar-refractivity contribution in [1.29, 1.82) is 0 Å². The maximum Gasteiger partial charge on any atom is 0.254 e. The topological polar surface area (TPSA) is 33.2 Å². The van der Waals surface area contributed by atoms with Crippen molar-refractivity contribution in [2.45, 2.75) is 24.1 Å². The lowest BCUT2D eigenvalue weighted by Gasteiger charge is -2.20. The van der Waals surface area contributed by atoms with Gasteiger partial charge in [0, 0.05) is 28.1 Å². The van der Waals surface area contributed by atoms with E-state index in [9.17, 15) is 9.18 Å². The monoisotopic (exact) mass is 410 g/mol. The standard InChI is InChI=1S/C22H19FN2OS2/c1-3-12-25(13-17-4-8-19(23)9-5-17)22(26)18-6-10-21(11-7-18)28-15-20-14-27-16(2)24-20/h1,4-11,14H,12-13,15H2,2H3. The SMILES string of the molecule is C#CCN(Cc1ccc(F)cc1)C(=O)c1ccc(SCc2csc(C)n2)cc1. The van der Waals surface area contributed by atoms with Crippen molar-refractivity contribution in [3.05, 3.63) is 81.6 Å². The van der Waals surface area contributed by atoms with Crippen molar-refractivity contribution in [2.24, 2.45) is 0 Å². The predicted octanol–water partition coefficient (Wildman–Crippen LogP) is 5.16. The molecule has 0 saturated heterocycles. The van der Waals surface area contributed by atoms with Gasteiger partial charge in [0.05, 0.1) is 17.2 Å². The van der Waals surface area contributed by atoms with Gasteiger partial charge in [0.1, 0.15) is 5.82 Å².